The van der Waals surface area contributed by atoms with Crippen LogP contribution >= 0.6 is 11.8 Å². The van der Waals surface area contributed by atoms with E-state index in [1.165, 1.54) is 0 Å². The number of hydrogen-bond donors (Lipinski definition) is 1. The van der Waals surface area contributed by atoms with Gasteiger partial charge in [-0.15, -0.1) is 0 Å². The number of esters is 1. The minimum Gasteiger partial charge on any atom is -0.460 e. The Balaban J connectivity index is 1.62. The number of carbonyl (C=O) groups is 2. The Morgan fingerprint density at radius 1 is 1.08 bits per heavy atom. The number of benzene rings is 2. The summed E-state index contributed by atoms with van der Waals surface area (Å²) >= 11 is 1.60. The van der Waals surface area contributed by atoms with Gasteiger partial charge in [0.2, 0.25) is 0 Å². The molecule has 2 aromatic carbocycles. The summed E-state index contributed by atoms with van der Waals surface area (Å²) in [7, 11) is 0. The molecule has 1 N–H and O–H groups in total. The van der Waals surface area contributed by atoms with Crippen LogP contribution in [-0.4, -0.2) is 24.7 Å². The summed E-state index contributed by atoms with van der Waals surface area (Å²) in [5.41, 5.74) is 2.39. The molecule has 3 rings (SSSR count). The maximum atomic E-state index is 12.5. The van der Waals surface area contributed by atoms with Crippen molar-refractivity contribution in [2.24, 2.45) is 0 Å². The van der Waals surface area contributed by atoms with Crippen molar-refractivity contribution in [2.45, 2.75) is 12.4 Å². The molecule has 0 aliphatic rings. The van der Waals surface area contributed by atoms with Gasteiger partial charge >= 0.3 is 5.97 Å². The Hall–Kier alpha value is -2.73. The van der Waals surface area contributed by atoms with E-state index in [0.717, 1.165) is 16.5 Å². The molecule has 0 saturated heterocycles. The van der Waals surface area contributed by atoms with E-state index in [0.29, 0.717) is 11.3 Å². The molecule has 1 heterocycles. The van der Waals surface area contributed by atoms with Crippen LogP contribution in [0.1, 0.15) is 21.7 Å². The van der Waals surface area contributed by atoms with Crippen molar-refractivity contribution < 1.29 is 18.7 Å². The number of rotatable bonds is 7. The van der Waals surface area contributed by atoms with Gasteiger partial charge < -0.3 is 14.5 Å². The molecule has 1 aromatic heterocycles. The lowest BCUT2D eigenvalue weighted by Crippen LogP contribution is -2.30. The van der Waals surface area contributed by atoms with Crippen LogP contribution in [0, 0.1) is 0 Å². The van der Waals surface area contributed by atoms with E-state index in [1.807, 2.05) is 60.9 Å². The highest BCUT2D eigenvalue weighted by molar-refractivity contribution is 7.97. The molecule has 0 unspecified atom stereocenters. The van der Waals surface area contributed by atoms with E-state index in [4.69, 9.17) is 9.15 Å². The summed E-state index contributed by atoms with van der Waals surface area (Å²) in [5.74, 6) is -0.0128. The third kappa shape index (κ3) is 4.26. The van der Waals surface area contributed by atoms with Crippen molar-refractivity contribution in [3.8, 4) is 0 Å². The summed E-state index contributed by atoms with van der Waals surface area (Å²) in [6.45, 7) is -0.0284. The van der Waals surface area contributed by atoms with Crippen molar-refractivity contribution in [3.63, 3.8) is 0 Å². The lowest BCUT2D eigenvalue weighted by molar-refractivity contribution is -0.143. The molecule has 0 radical (unpaired) electrons. The molecule has 26 heavy (non-hydrogen) atoms. The second-order valence-corrected chi connectivity index (χ2v) is 6.53. The highest BCUT2D eigenvalue weighted by atomic mass is 32.2. The molecule has 6 heteroatoms. The Kier molecular flexibility index (Phi) is 5.96. The van der Waals surface area contributed by atoms with E-state index in [1.54, 1.807) is 11.8 Å². The Morgan fingerprint density at radius 3 is 2.58 bits per heavy atom. The molecule has 0 atom stereocenters. The van der Waals surface area contributed by atoms with E-state index in [-0.39, 0.29) is 18.9 Å². The quantitative estimate of drug-likeness (QED) is 0.642. The van der Waals surface area contributed by atoms with Crippen LogP contribution in [0.4, 0.5) is 0 Å². The second kappa shape index (κ2) is 8.58. The van der Waals surface area contributed by atoms with Crippen LogP contribution < -0.4 is 5.32 Å². The first-order valence-corrected chi connectivity index (χ1v) is 9.55. The predicted octanol–water partition coefficient (Wildman–Crippen LogP) is 3.77. The number of amides is 1. The van der Waals surface area contributed by atoms with E-state index < -0.39 is 11.9 Å². The van der Waals surface area contributed by atoms with Gasteiger partial charge in [-0.05, 0) is 17.9 Å². The van der Waals surface area contributed by atoms with E-state index in [2.05, 4.69) is 5.32 Å². The Bertz CT molecular complexity index is 905. The zero-order valence-electron chi connectivity index (χ0n) is 14.4. The number of furan rings is 1. The number of hydrogen-bond acceptors (Lipinski definition) is 5. The molecular formula is C20H19NO4S. The third-order valence-electron chi connectivity index (χ3n) is 3.83. The number of para-hydroxylation sites is 1. The van der Waals surface area contributed by atoms with Gasteiger partial charge in [-0.3, -0.25) is 9.59 Å². The molecule has 0 aliphatic heterocycles. The fourth-order valence-corrected chi connectivity index (χ4v) is 3.17. The normalized spacial score (nSPS) is 10.7. The number of ether oxygens (including phenoxy) is 1. The topological polar surface area (TPSA) is 68.5 Å². The van der Waals surface area contributed by atoms with Gasteiger partial charge in [-0.1, -0.05) is 48.5 Å². The number of nitrogens with one attached hydrogen (secondary N) is 1. The third-order valence-corrected chi connectivity index (χ3v) is 4.41. The average molecular weight is 369 g/mol. The first-order chi connectivity index (χ1) is 12.7. The fraction of sp³-hybridized carbons (Fsp3) is 0.200. The monoisotopic (exact) mass is 369 g/mol. The van der Waals surface area contributed by atoms with Gasteiger partial charge in [-0.2, -0.15) is 11.8 Å². The summed E-state index contributed by atoms with van der Waals surface area (Å²) in [6, 6.07) is 16.9. The largest absolute Gasteiger partial charge is 0.460 e. The van der Waals surface area contributed by atoms with Gasteiger partial charge in [0.15, 0.2) is 5.76 Å². The number of thioether (sulfide) groups is 1. The van der Waals surface area contributed by atoms with Crippen LogP contribution in [-0.2, 0) is 21.9 Å². The Labute approximate surface area is 155 Å². The SMILES string of the molecule is CSCc1c(C(=O)NCC(=O)OCc2ccccc2)oc2ccccc12. The molecule has 134 valence electrons. The maximum Gasteiger partial charge on any atom is 0.325 e. The zero-order valence-corrected chi connectivity index (χ0v) is 15.2. The fourth-order valence-electron chi connectivity index (χ4n) is 2.59. The number of carbonyl (C=O) groups excluding carboxylic acids is 2. The first kappa shape index (κ1) is 18.1. The van der Waals surface area contributed by atoms with Crippen molar-refractivity contribution in [3.05, 3.63) is 71.5 Å². The van der Waals surface area contributed by atoms with Crippen molar-refractivity contribution in [1.82, 2.24) is 5.32 Å². The van der Waals surface area contributed by atoms with Crippen molar-refractivity contribution in [1.29, 1.82) is 0 Å². The minimum atomic E-state index is -0.496. The van der Waals surface area contributed by atoms with Crippen molar-refractivity contribution in [2.75, 3.05) is 12.8 Å². The Morgan fingerprint density at radius 2 is 1.81 bits per heavy atom. The molecule has 0 saturated carbocycles. The molecule has 1 amide bonds. The summed E-state index contributed by atoms with van der Waals surface area (Å²) in [6.07, 6.45) is 1.96. The lowest BCUT2D eigenvalue weighted by Gasteiger charge is -2.06. The van der Waals surface area contributed by atoms with Gasteiger partial charge in [0.1, 0.15) is 18.7 Å². The van der Waals surface area contributed by atoms with E-state index >= 15 is 0 Å². The predicted molar refractivity (Wildman–Crippen MR) is 102 cm³/mol. The maximum absolute atomic E-state index is 12.5. The van der Waals surface area contributed by atoms with Crippen molar-refractivity contribution >= 4 is 34.6 Å². The van der Waals surface area contributed by atoms with Gasteiger partial charge in [0.05, 0.1) is 0 Å². The molecular weight excluding hydrogens is 350 g/mol. The second-order valence-electron chi connectivity index (χ2n) is 5.67. The number of fused-ring (bicyclic) bond motifs is 1. The standard InChI is InChI=1S/C20H19NO4S/c1-26-13-16-15-9-5-6-10-17(15)25-19(16)20(23)21-11-18(22)24-12-14-7-3-2-4-8-14/h2-10H,11-13H2,1H3,(H,21,23). The van der Waals surface area contributed by atoms with E-state index in [9.17, 15) is 9.59 Å². The summed E-state index contributed by atoms with van der Waals surface area (Å²) in [5, 5.41) is 3.49. The smallest absolute Gasteiger partial charge is 0.325 e. The average Bonchev–Trinajstić information content (AvgIpc) is 3.04. The zero-order chi connectivity index (χ0) is 18.4. The summed E-state index contributed by atoms with van der Waals surface area (Å²) < 4.78 is 10.9. The minimum absolute atomic E-state index is 0.178. The van der Waals surface area contributed by atoms with Crippen LogP contribution in [0.3, 0.4) is 0 Å². The van der Waals surface area contributed by atoms with Crippen LogP contribution in [0.5, 0.6) is 0 Å². The van der Waals surface area contributed by atoms with Gasteiger partial charge in [-0.25, -0.2) is 0 Å². The van der Waals surface area contributed by atoms with Crippen LogP contribution in [0.25, 0.3) is 11.0 Å². The highest BCUT2D eigenvalue weighted by Gasteiger charge is 2.20. The molecule has 3 aromatic rings. The van der Waals surface area contributed by atoms with Crippen LogP contribution in [0.15, 0.2) is 59.0 Å². The first-order valence-electron chi connectivity index (χ1n) is 8.16. The molecule has 0 fully saturated rings. The molecule has 0 aliphatic carbocycles. The summed E-state index contributed by atoms with van der Waals surface area (Å²) in [4.78, 5) is 24.3. The molecule has 5 nitrogen and oxygen atoms in total. The molecule has 0 spiro atoms. The molecule has 0 bridgehead atoms. The van der Waals surface area contributed by atoms with Gasteiger partial charge in [0.25, 0.3) is 5.91 Å². The van der Waals surface area contributed by atoms with Gasteiger partial charge in [0, 0.05) is 16.7 Å². The lowest BCUT2D eigenvalue weighted by atomic mass is 10.1. The van der Waals surface area contributed by atoms with Crippen LogP contribution in [0.2, 0.25) is 0 Å². The highest BCUT2D eigenvalue weighted by Crippen LogP contribution is 2.28.